The van der Waals surface area contributed by atoms with E-state index in [2.05, 4.69) is 24.9 Å². The van der Waals surface area contributed by atoms with Crippen LogP contribution in [0.2, 0.25) is 0 Å². The molecule has 9 heteroatoms. The minimum atomic E-state index is -3.21. The minimum absolute atomic E-state index is 0.0125. The average molecular weight is 374 g/mol. The van der Waals surface area contributed by atoms with E-state index in [9.17, 15) is 8.42 Å². The monoisotopic (exact) mass is 374 g/mol. The van der Waals surface area contributed by atoms with Crippen molar-refractivity contribution in [3.8, 4) is 0 Å². The van der Waals surface area contributed by atoms with Gasteiger partial charge in [0.2, 0.25) is 10.0 Å². The highest BCUT2D eigenvalue weighted by Gasteiger charge is 2.35. The maximum absolute atomic E-state index is 12.6. The molecule has 138 valence electrons. The SMILES string of the molecule is O=S(=O)(N[C@H]1CC[C@@H](c2nnc3cnc4[nH]ccc4n23)C1)C1CCCC1. The summed E-state index contributed by atoms with van der Waals surface area (Å²) in [5.41, 5.74) is 2.48. The van der Waals surface area contributed by atoms with Crippen LogP contribution < -0.4 is 4.72 Å². The third-order valence-electron chi connectivity index (χ3n) is 5.84. The number of nitrogens with zero attached hydrogens (tertiary/aromatic N) is 4. The molecule has 2 fully saturated rings. The largest absolute Gasteiger partial charge is 0.345 e. The number of sulfonamides is 1. The van der Waals surface area contributed by atoms with Crippen molar-refractivity contribution in [2.45, 2.75) is 62.2 Å². The van der Waals surface area contributed by atoms with Gasteiger partial charge in [-0.3, -0.25) is 4.40 Å². The van der Waals surface area contributed by atoms with E-state index < -0.39 is 10.0 Å². The lowest BCUT2D eigenvalue weighted by Crippen LogP contribution is -2.38. The quantitative estimate of drug-likeness (QED) is 0.728. The summed E-state index contributed by atoms with van der Waals surface area (Å²) in [5, 5.41) is 8.44. The van der Waals surface area contributed by atoms with Crippen LogP contribution in [0.3, 0.4) is 0 Å². The highest BCUT2D eigenvalue weighted by molar-refractivity contribution is 7.90. The van der Waals surface area contributed by atoms with Crippen molar-refractivity contribution in [2.75, 3.05) is 0 Å². The number of H-pyrrole nitrogens is 1. The predicted octanol–water partition coefficient (Wildman–Crippen LogP) is 2.10. The third kappa shape index (κ3) is 2.61. The van der Waals surface area contributed by atoms with E-state index in [0.29, 0.717) is 0 Å². The van der Waals surface area contributed by atoms with Crippen LogP contribution in [0, 0.1) is 0 Å². The van der Waals surface area contributed by atoms with Gasteiger partial charge in [0.25, 0.3) is 0 Å². The maximum Gasteiger partial charge on any atom is 0.214 e. The summed E-state index contributed by atoms with van der Waals surface area (Å²) in [6.07, 6.45) is 9.70. The number of hydrogen-bond donors (Lipinski definition) is 2. The smallest absolute Gasteiger partial charge is 0.214 e. The van der Waals surface area contributed by atoms with Gasteiger partial charge in [-0.1, -0.05) is 12.8 Å². The van der Waals surface area contributed by atoms with Crippen molar-refractivity contribution in [2.24, 2.45) is 0 Å². The first-order valence-corrected chi connectivity index (χ1v) is 10.8. The van der Waals surface area contributed by atoms with E-state index in [-0.39, 0.29) is 17.2 Å². The zero-order chi connectivity index (χ0) is 17.7. The summed E-state index contributed by atoms with van der Waals surface area (Å²) in [6, 6.07) is 1.96. The Hall–Kier alpha value is -2.00. The number of hydrogen-bond acceptors (Lipinski definition) is 5. The summed E-state index contributed by atoms with van der Waals surface area (Å²) in [6.45, 7) is 0. The molecule has 0 unspecified atom stereocenters. The molecule has 26 heavy (non-hydrogen) atoms. The fourth-order valence-corrected chi connectivity index (χ4v) is 6.34. The van der Waals surface area contributed by atoms with Crippen molar-refractivity contribution in [1.82, 2.24) is 29.3 Å². The Morgan fingerprint density at radius 3 is 2.85 bits per heavy atom. The fourth-order valence-electron chi connectivity index (χ4n) is 4.51. The Morgan fingerprint density at radius 1 is 1.15 bits per heavy atom. The van der Waals surface area contributed by atoms with Crippen molar-refractivity contribution >= 4 is 26.8 Å². The molecule has 0 radical (unpaired) electrons. The topological polar surface area (TPSA) is 105 Å². The van der Waals surface area contributed by atoms with Crippen LogP contribution in [-0.2, 0) is 10.0 Å². The molecule has 0 aliphatic heterocycles. The highest BCUT2D eigenvalue weighted by atomic mass is 32.2. The Bertz CT molecular complexity index is 1050. The van der Waals surface area contributed by atoms with Gasteiger partial charge in [0.05, 0.1) is 17.0 Å². The molecule has 0 aromatic carbocycles. The van der Waals surface area contributed by atoms with Gasteiger partial charge in [-0.25, -0.2) is 18.1 Å². The highest BCUT2D eigenvalue weighted by Crippen LogP contribution is 2.35. The Kier molecular flexibility index (Phi) is 3.75. The normalized spacial score (nSPS) is 24.9. The van der Waals surface area contributed by atoms with Gasteiger partial charge < -0.3 is 4.98 Å². The summed E-state index contributed by atoms with van der Waals surface area (Å²) >= 11 is 0. The molecular weight excluding hydrogens is 352 g/mol. The van der Waals surface area contributed by atoms with Crippen LogP contribution in [-0.4, -0.2) is 44.3 Å². The molecule has 0 spiro atoms. The van der Waals surface area contributed by atoms with Crippen LogP contribution in [0.1, 0.15) is 56.7 Å². The van der Waals surface area contributed by atoms with Crippen molar-refractivity contribution in [3.05, 3.63) is 24.3 Å². The number of nitrogens with one attached hydrogen (secondary N) is 2. The van der Waals surface area contributed by atoms with E-state index in [1.807, 2.05) is 16.7 Å². The van der Waals surface area contributed by atoms with Gasteiger partial charge in [0.15, 0.2) is 11.3 Å². The van der Waals surface area contributed by atoms with Crippen LogP contribution in [0.15, 0.2) is 18.5 Å². The molecule has 3 heterocycles. The molecule has 2 N–H and O–H groups in total. The Balaban J connectivity index is 1.39. The first kappa shape index (κ1) is 16.2. The molecule has 5 rings (SSSR count). The Labute approximate surface area is 151 Å². The number of rotatable bonds is 4. The molecule has 8 nitrogen and oxygen atoms in total. The lowest BCUT2D eigenvalue weighted by atomic mass is 10.1. The molecule has 0 saturated heterocycles. The molecule has 3 aromatic rings. The Morgan fingerprint density at radius 2 is 2.00 bits per heavy atom. The number of fused-ring (bicyclic) bond motifs is 3. The molecule has 0 bridgehead atoms. The molecule has 0 amide bonds. The van der Waals surface area contributed by atoms with Gasteiger partial charge in [-0.2, -0.15) is 0 Å². The first-order valence-electron chi connectivity index (χ1n) is 9.30. The molecule has 3 aromatic heterocycles. The second-order valence-electron chi connectivity index (χ2n) is 7.50. The van der Waals surface area contributed by atoms with E-state index in [1.54, 1.807) is 6.20 Å². The lowest BCUT2D eigenvalue weighted by molar-refractivity contribution is 0.533. The lowest BCUT2D eigenvalue weighted by Gasteiger charge is -2.17. The van der Waals surface area contributed by atoms with Gasteiger partial charge in [-0.15, -0.1) is 10.2 Å². The van der Waals surface area contributed by atoms with Gasteiger partial charge >= 0.3 is 0 Å². The van der Waals surface area contributed by atoms with Crippen LogP contribution >= 0.6 is 0 Å². The first-order chi connectivity index (χ1) is 12.6. The molecule has 2 saturated carbocycles. The predicted molar refractivity (Wildman–Crippen MR) is 97.3 cm³/mol. The molecule has 2 aliphatic rings. The van der Waals surface area contributed by atoms with Crippen LogP contribution in [0.4, 0.5) is 0 Å². The second kappa shape index (κ2) is 6.02. The van der Waals surface area contributed by atoms with Gasteiger partial charge in [-0.05, 0) is 38.2 Å². The summed E-state index contributed by atoms with van der Waals surface area (Å²) in [5.74, 6) is 1.09. The standard InChI is InChI=1S/C17H22N6O2S/c24-26(25,13-3-1-2-4-13)22-12-6-5-11(9-12)17-21-20-15-10-19-16-14(23(15)17)7-8-18-16/h7-8,10-13,18,22H,1-6,9H2/t11-,12+/m1/s1. The number of aromatic nitrogens is 5. The van der Waals surface area contributed by atoms with Crippen molar-refractivity contribution in [3.63, 3.8) is 0 Å². The van der Waals surface area contributed by atoms with E-state index in [1.165, 1.54) is 0 Å². The van der Waals surface area contributed by atoms with Gasteiger partial charge in [0, 0.05) is 18.2 Å². The second-order valence-corrected chi connectivity index (χ2v) is 9.49. The summed E-state index contributed by atoms with van der Waals surface area (Å²) in [7, 11) is -3.21. The maximum atomic E-state index is 12.6. The van der Waals surface area contributed by atoms with Crippen molar-refractivity contribution in [1.29, 1.82) is 0 Å². The van der Waals surface area contributed by atoms with E-state index in [4.69, 9.17) is 0 Å². The van der Waals surface area contributed by atoms with E-state index >= 15 is 0 Å². The zero-order valence-electron chi connectivity index (χ0n) is 14.4. The number of aromatic amines is 1. The fraction of sp³-hybridized carbons (Fsp3) is 0.588. The summed E-state index contributed by atoms with van der Waals surface area (Å²) < 4.78 is 30.2. The minimum Gasteiger partial charge on any atom is -0.345 e. The molecule has 2 aliphatic carbocycles. The van der Waals surface area contributed by atoms with E-state index in [0.717, 1.165) is 67.6 Å². The van der Waals surface area contributed by atoms with Gasteiger partial charge in [0.1, 0.15) is 5.82 Å². The molecule has 2 atom stereocenters. The average Bonchev–Trinajstić information content (AvgIpc) is 3.38. The zero-order valence-corrected chi connectivity index (χ0v) is 15.2. The third-order valence-corrected chi connectivity index (χ3v) is 7.85. The summed E-state index contributed by atoms with van der Waals surface area (Å²) in [4.78, 5) is 7.46. The van der Waals surface area contributed by atoms with Crippen molar-refractivity contribution < 1.29 is 8.42 Å². The van der Waals surface area contributed by atoms with Crippen LogP contribution in [0.5, 0.6) is 0 Å². The van der Waals surface area contributed by atoms with Crippen LogP contribution in [0.25, 0.3) is 16.8 Å². The molecular formula is C17H22N6O2S.